The average molecular weight is 307 g/mol. The molecular weight excluding hydrogens is 295 g/mol. The van der Waals surface area contributed by atoms with Gasteiger partial charge < -0.3 is 9.47 Å². The van der Waals surface area contributed by atoms with Crippen LogP contribution in [-0.2, 0) is 9.47 Å². The van der Waals surface area contributed by atoms with Crippen LogP contribution in [0.1, 0.15) is 13.8 Å². The minimum Gasteiger partial charge on any atom is -0.472 e. The Hall–Kier alpha value is 0.710. The molecular formula is C8H12Cl2O2S3. The van der Waals surface area contributed by atoms with Gasteiger partial charge in [-0.2, -0.15) is 0 Å². The number of ether oxygens (including phenoxy) is 2. The molecule has 0 N–H and O–H groups in total. The second-order valence-corrected chi connectivity index (χ2v) is 5.61. The molecule has 15 heavy (non-hydrogen) atoms. The largest absolute Gasteiger partial charge is 0.472 e. The maximum Gasteiger partial charge on any atom is 0.162 e. The maximum absolute atomic E-state index is 5.71. The van der Waals surface area contributed by atoms with Gasteiger partial charge in [0.25, 0.3) is 0 Å². The quantitative estimate of drug-likeness (QED) is 0.423. The monoisotopic (exact) mass is 306 g/mol. The van der Waals surface area contributed by atoms with E-state index in [2.05, 4.69) is 0 Å². The number of thiocarbonyl (C=S) groups is 2. The molecule has 0 aliphatic heterocycles. The molecule has 0 aromatic heterocycles. The fourth-order valence-electron chi connectivity index (χ4n) is 0.731. The molecule has 0 saturated heterocycles. The van der Waals surface area contributed by atoms with Crippen molar-refractivity contribution in [3.8, 4) is 0 Å². The van der Waals surface area contributed by atoms with Gasteiger partial charge in [0.2, 0.25) is 0 Å². The van der Waals surface area contributed by atoms with Crippen LogP contribution in [0.15, 0.2) is 0 Å². The molecule has 0 fully saturated rings. The average Bonchev–Trinajstić information content (AvgIpc) is 2.14. The lowest BCUT2D eigenvalue weighted by Crippen LogP contribution is -2.21. The molecule has 0 aliphatic carbocycles. The van der Waals surface area contributed by atoms with Crippen molar-refractivity contribution in [3.63, 3.8) is 0 Å². The summed E-state index contributed by atoms with van der Waals surface area (Å²) < 4.78 is 10.6. The van der Waals surface area contributed by atoms with E-state index in [1.54, 1.807) is 13.8 Å². The Morgan fingerprint density at radius 3 is 1.60 bits per heavy atom. The van der Waals surface area contributed by atoms with Crippen molar-refractivity contribution in [2.75, 3.05) is 11.8 Å². The van der Waals surface area contributed by atoms with Crippen LogP contribution < -0.4 is 0 Å². The molecule has 0 heterocycles. The third-order valence-corrected chi connectivity index (χ3v) is 3.40. The predicted molar refractivity (Wildman–Crippen MR) is 75.3 cm³/mol. The van der Waals surface area contributed by atoms with E-state index in [1.807, 2.05) is 0 Å². The number of hydrogen-bond donors (Lipinski definition) is 0. The smallest absolute Gasteiger partial charge is 0.162 e. The Bertz CT molecular complexity index is 204. The van der Waals surface area contributed by atoms with Gasteiger partial charge in [-0.3, -0.25) is 0 Å². The number of alkyl halides is 2. The van der Waals surface area contributed by atoms with Crippen LogP contribution in [0.5, 0.6) is 0 Å². The molecule has 0 rings (SSSR count). The highest BCUT2D eigenvalue weighted by Crippen LogP contribution is 2.23. The van der Waals surface area contributed by atoms with E-state index < -0.39 is 0 Å². The van der Waals surface area contributed by atoms with Crippen molar-refractivity contribution in [1.29, 1.82) is 0 Å². The van der Waals surface area contributed by atoms with Gasteiger partial charge in [0.1, 0.15) is 0 Å². The van der Waals surface area contributed by atoms with E-state index >= 15 is 0 Å². The zero-order chi connectivity index (χ0) is 11.8. The molecule has 0 aromatic rings. The van der Waals surface area contributed by atoms with Crippen molar-refractivity contribution >= 4 is 69.5 Å². The third kappa shape index (κ3) is 8.51. The summed E-state index contributed by atoms with van der Waals surface area (Å²) in [6, 6.07) is 0. The first-order chi connectivity index (χ1) is 6.99. The zero-order valence-electron chi connectivity index (χ0n) is 8.37. The van der Waals surface area contributed by atoms with Crippen molar-refractivity contribution in [2.45, 2.75) is 24.7 Å². The van der Waals surface area contributed by atoms with Crippen LogP contribution in [0.25, 0.3) is 0 Å². The summed E-state index contributed by atoms with van der Waals surface area (Å²) in [7, 11) is 0. The van der Waals surface area contributed by atoms with Crippen LogP contribution in [0.3, 0.4) is 0 Å². The Labute approximate surface area is 115 Å². The van der Waals surface area contributed by atoms with Gasteiger partial charge in [0, 0.05) is 13.8 Å². The molecule has 2 atom stereocenters. The Balaban J connectivity index is 4.10. The molecule has 2 nitrogen and oxygen atoms in total. The molecule has 0 amide bonds. The standard InChI is InChI=1S/C8H12Cl2O2S3/c1-5(13)11-7(3-9)15-8(4-10)12-6(2)14/h7-8H,3-4H2,1-2H3. The van der Waals surface area contributed by atoms with E-state index in [1.165, 1.54) is 11.8 Å². The summed E-state index contributed by atoms with van der Waals surface area (Å²) >= 11 is 22.4. The van der Waals surface area contributed by atoms with E-state index in [0.717, 1.165) is 0 Å². The highest BCUT2D eigenvalue weighted by Gasteiger charge is 2.18. The molecule has 0 aliphatic rings. The van der Waals surface area contributed by atoms with Gasteiger partial charge in [-0.25, -0.2) is 0 Å². The fourth-order valence-corrected chi connectivity index (χ4v) is 2.53. The number of halogens is 2. The van der Waals surface area contributed by atoms with Crippen LogP contribution in [0.4, 0.5) is 0 Å². The second kappa shape index (κ2) is 8.82. The van der Waals surface area contributed by atoms with E-state index in [9.17, 15) is 0 Å². The first-order valence-electron chi connectivity index (χ1n) is 4.11. The molecule has 88 valence electrons. The summed E-state index contributed by atoms with van der Waals surface area (Å²) in [5, 5.41) is 0.890. The van der Waals surface area contributed by atoms with E-state index in [-0.39, 0.29) is 10.9 Å². The topological polar surface area (TPSA) is 18.5 Å². The summed E-state index contributed by atoms with van der Waals surface area (Å²) in [4.78, 5) is 0. The molecule has 0 radical (unpaired) electrons. The number of hydrogen-bond acceptors (Lipinski definition) is 5. The normalized spacial score (nSPS) is 14.1. The van der Waals surface area contributed by atoms with Gasteiger partial charge >= 0.3 is 0 Å². The molecule has 2 unspecified atom stereocenters. The van der Waals surface area contributed by atoms with Gasteiger partial charge in [-0.15, -0.1) is 23.2 Å². The highest BCUT2D eigenvalue weighted by molar-refractivity contribution is 8.00. The van der Waals surface area contributed by atoms with Gasteiger partial charge in [-0.05, 0) is 24.4 Å². The first-order valence-corrected chi connectivity index (χ1v) is 6.94. The summed E-state index contributed by atoms with van der Waals surface area (Å²) in [5.41, 5.74) is -0.524. The Kier molecular flexibility index (Phi) is 9.23. The van der Waals surface area contributed by atoms with Gasteiger partial charge in [0.15, 0.2) is 21.0 Å². The summed E-state index contributed by atoms with van der Waals surface area (Å²) in [6.45, 7) is 3.38. The lowest BCUT2D eigenvalue weighted by atomic mass is 10.8. The summed E-state index contributed by atoms with van der Waals surface area (Å²) in [6.07, 6.45) is 0. The van der Waals surface area contributed by atoms with Crippen molar-refractivity contribution < 1.29 is 9.47 Å². The third-order valence-electron chi connectivity index (χ3n) is 1.15. The summed E-state index contributed by atoms with van der Waals surface area (Å²) in [5.74, 6) is 0.623. The minimum atomic E-state index is -0.262. The lowest BCUT2D eigenvalue weighted by Gasteiger charge is -2.21. The highest BCUT2D eigenvalue weighted by atomic mass is 35.5. The van der Waals surface area contributed by atoms with E-state index in [4.69, 9.17) is 57.1 Å². The van der Waals surface area contributed by atoms with Gasteiger partial charge in [-0.1, -0.05) is 11.8 Å². The maximum atomic E-state index is 5.71. The zero-order valence-corrected chi connectivity index (χ0v) is 12.3. The SMILES string of the molecule is CC(=S)OC(CCl)SC(CCl)OC(C)=S. The molecule has 0 saturated carbocycles. The number of thioether (sulfide) groups is 1. The molecule has 0 aromatic carbocycles. The van der Waals surface area contributed by atoms with Crippen molar-refractivity contribution in [2.24, 2.45) is 0 Å². The van der Waals surface area contributed by atoms with Crippen LogP contribution in [0, 0.1) is 0 Å². The fraction of sp³-hybridized carbons (Fsp3) is 0.750. The van der Waals surface area contributed by atoms with Crippen LogP contribution >= 0.6 is 59.4 Å². The minimum absolute atomic E-state index is 0.262. The molecule has 0 spiro atoms. The van der Waals surface area contributed by atoms with Crippen LogP contribution in [-0.4, -0.2) is 32.7 Å². The lowest BCUT2D eigenvalue weighted by molar-refractivity contribution is 0.276. The van der Waals surface area contributed by atoms with Gasteiger partial charge in [0.05, 0.1) is 11.8 Å². The second-order valence-electron chi connectivity index (χ2n) is 2.52. The number of rotatable bonds is 6. The Morgan fingerprint density at radius 1 is 1.07 bits per heavy atom. The van der Waals surface area contributed by atoms with Crippen molar-refractivity contribution in [1.82, 2.24) is 0 Å². The molecule has 7 heteroatoms. The van der Waals surface area contributed by atoms with Crippen molar-refractivity contribution in [3.05, 3.63) is 0 Å². The van der Waals surface area contributed by atoms with Crippen LogP contribution in [0.2, 0.25) is 0 Å². The molecule has 0 bridgehead atoms. The Morgan fingerprint density at radius 2 is 1.40 bits per heavy atom. The first kappa shape index (κ1) is 15.7. The van der Waals surface area contributed by atoms with E-state index in [0.29, 0.717) is 21.9 Å². The predicted octanol–water partition coefficient (Wildman–Crippen LogP) is 3.58.